The number of hydrogen-bond donors (Lipinski definition) is 0. The van der Waals surface area contributed by atoms with Crippen molar-refractivity contribution in [1.29, 1.82) is 0 Å². The van der Waals surface area contributed by atoms with Crippen LogP contribution in [0.4, 0.5) is 5.69 Å². The van der Waals surface area contributed by atoms with Crippen molar-refractivity contribution in [3.05, 3.63) is 53.9 Å². The van der Waals surface area contributed by atoms with Gasteiger partial charge in [0.05, 0.1) is 12.3 Å². The van der Waals surface area contributed by atoms with E-state index in [-0.39, 0.29) is 19.1 Å². The van der Waals surface area contributed by atoms with Crippen LogP contribution in [0.3, 0.4) is 0 Å². The summed E-state index contributed by atoms with van der Waals surface area (Å²) in [4.78, 5) is 18.4. The maximum Gasteiger partial charge on any atom is 0.265 e. The molecule has 1 amide bonds. The van der Waals surface area contributed by atoms with E-state index in [9.17, 15) is 4.79 Å². The molecule has 0 N–H and O–H groups in total. The Hall–Kier alpha value is -3.35. The standard InChI is InChI=1S/C22H23N3O4/c1-14(2)12-27-17-7-5-16(6-8-17)22-23-20(29-24-22)11-25-18-9-4-15(3)10-19(18)28-13-21(25)26/h4-10,14H,11-13H2,1-3H3. The lowest BCUT2D eigenvalue weighted by molar-refractivity contribution is -0.121. The summed E-state index contributed by atoms with van der Waals surface area (Å²) in [5.41, 5.74) is 2.60. The molecule has 2 heterocycles. The van der Waals surface area contributed by atoms with E-state index in [4.69, 9.17) is 14.0 Å². The molecule has 29 heavy (non-hydrogen) atoms. The van der Waals surface area contributed by atoms with Gasteiger partial charge in [-0.25, -0.2) is 0 Å². The van der Waals surface area contributed by atoms with E-state index in [0.29, 0.717) is 35.7 Å². The van der Waals surface area contributed by atoms with Crippen molar-refractivity contribution in [3.8, 4) is 22.9 Å². The van der Waals surface area contributed by atoms with Gasteiger partial charge in [-0.15, -0.1) is 0 Å². The molecule has 0 fully saturated rings. The fraction of sp³-hybridized carbons (Fsp3) is 0.318. The Morgan fingerprint density at radius 2 is 1.97 bits per heavy atom. The summed E-state index contributed by atoms with van der Waals surface area (Å²) in [7, 11) is 0. The largest absolute Gasteiger partial charge is 0.493 e. The number of rotatable bonds is 6. The zero-order valence-electron chi connectivity index (χ0n) is 16.7. The van der Waals surface area contributed by atoms with Crippen molar-refractivity contribution in [2.75, 3.05) is 18.1 Å². The quantitative estimate of drug-likeness (QED) is 0.630. The van der Waals surface area contributed by atoms with E-state index in [1.807, 2.05) is 49.4 Å². The second-order valence-corrected chi connectivity index (χ2v) is 7.48. The number of carbonyl (C=O) groups excluding carboxylic acids is 1. The molecule has 0 spiro atoms. The van der Waals surface area contributed by atoms with Crippen LogP contribution < -0.4 is 14.4 Å². The molecule has 1 aliphatic rings. The van der Waals surface area contributed by atoms with Crippen molar-refractivity contribution in [2.24, 2.45) is 5.92 Å². The van der Waals surface area contributed by atoms with Gasteiger partial charge >= 0.3 is 0 Å². The lowest BCUT2D eigenvalue weighted by atomic mass is 10.1. The lowest BCUT2D eigenvalue weighted by Crippen LogP contribution is -2.38. The second-order valence-electron chi connectivity index (χ2n) is 7.48. The van der Waals surface area contributed by atoms with Gasteiger partial charge < -0.3 is 14.0 Å². The Balaban J connectivity index is 1.49. The summed E-state index contributed by atoms with van der Waals surface area (Å²) < 4.78 is 16.6. The molecule has 7 nitrogen and oxygen atoms in total. The zero-order chi connectivity index (χ0) is 20.4. The highest BCUT2D eigenvalue weighted by molar-refractivity contribution is 5.97. The Bertz CT molecular complexity index is 1010. The van der Waals surface area contributed by atoms with Crippen LogP contribution in [0.25, 0.3) is 11.4 Å². The average molecular weight is 393 g/mol. The van der Waals surface area contributed by atoms with Crippen molar-refractivity contribution >= 4 is 11.6 Å². The highest BCUT2D eigenvalue weighted by Gasteiger charge is 2.27. The number of amides is 1. The van der Waals surface area contributed by atoms with Crippen LogP contribution >= 0.6 is 0 Å². The van der Waals surface area contributed by atoms with Crippen LogP contribution in [-0.4, -0.2) is 29.3 Å². The molecule has 4 rings (SSSR count). The minimum Gasteiger partial charge on any atom is -0.493 e. The van der Waals surface area contributed by atoms with Gasteiger partial charge in [-0.2, -0.15) is 4.98 Å². The van der Waals surface area contributed by atoms with Gasteiger partial charge in [0.25, 0.3) is 5.91 Å². The molecule has 0 bridgehead atoms. The summed E-state index contributed by atoms with van der Waals surface area (Å²) >= 11 is 0. The molecule has 3 aromatic rings. The molecule has 0 saturated heterocycles. The average Bonchev–Trinajstić information content (AvgIpc) is 3.17. The van der Waals surface area contributed by atoms with Crippen molar-refractivity contribution in [1.82, 2.24) is 10.1 Å². The van der Waals surface area contributed by atoms with Gasteiger partial charge in [-0.05, 0) is 54.8 Å². The summed E-state index contributed by atoms with van der Waals surface area (Å²) in [5, 5.41) is 4.05. The summed E-state index contributed by atoms with van der Waals surface area (Å²) in [6, 6.07) is 13.3. The smallest absolute Gasteiger partial charge is 0.265 e. The summed E-state index contributed by atoms with van der Waals surface area (Å²) in [6.07, 6.45) is 0. The first-order chi connectivity index (χ1) is 14.0. The van der Waals surface area contributed by atoms with E-state index in [1.165, 1.54) is 0 Å². The molecule has 150 valence electrons. The van der Waals surface area contributed by atoms with Crippen LogP contribution in [0.5, 0.6) is 11.5 Å². The number of aromatic nitrogens is 2. The molecule has 0 atom stereocenters. The third-order valence-corrected chi connectivity index (χ3v) is 4.52. The fourth-order valence-corrected chi connectivity index (χ4v) is 3.02. The lowest BCUT2D eigenvalue weighted by Gasteiger charge is -2.28. The van der Waals surface area contributed by atoms with Crippen LogP contribution in [-0.2, 0) is 11.3 Å². The number of benzene rings is 2. The molecule has 1 aromatic heterocycles. The number of nitrogens with zero attached hydrogens (tertiary/aromatic N) is 3. The minimum absolute atomic E-state index is 0.00468. The molecular formula is C22H23N3O4. The number of ether oxygens (including phenoxy) is 2. The number of aryl methyl sites for hydroxylation is 1. The Kier molecular flexibility index (Phi) is 5.20. The second kappa shape index (κ2) is 7.95. The van der Waals surface area contributed by atoms with E-state index in [0.717, 1.165) is 16.9 Å². The van der Waals surface area contributed by atoms with Gasteiger partial charge in [0.15, 0.2) is 6.61 Å². The molecular weight excluding hydrogens is 370 g/mol. The number of anilines is 1. The highest BCUT2D eigenvalue weighted by atomic mass is 16.5. The molecule has 2 aromatic carbocycles. The normalized spacial score (nSPS) is 13.4. The monoisotopic (exact) mass is 393 g/mol. The van der Waals surface area contributed by atoms with Gasteiger partial charge in [0.2, 0.25) is 11.7 Å². The number of hydrogen-bond acceptors (Lipinski definition) is 6. The number of fused-ring (bicyclic) bond motifs is 1. The van der Waals surface area contributed by atoms with Crippen LogP contribution in [0, 0.1) is 12.8 Å². The van der Waals surface area contributed by atoms with Crippen LogP contribution in [0.2, 0.25) is 0 Å². The first kappa shape index (κ1) is 19.0. The zero-order valence-corrected chi connectivity index (χ0v) is 16.7. The summed E-state index contributed by atoms with van der Waals surface area (Å²) in [5.74, 6) is 2.64. The predicted molar refractivity (Wildman–Crippen MR) is 108 cm³/mol. The van der Waals surface area contributed by atoms with Crippen molar-refractivity contribution in [3.63, 3.8) is 0 Å². The molecule has 1 aliphatic heterocycles. The van der Waals surface area contributed by atoms with Gasteiger partial charge in [0.1, 0.15) is 18.0 Å². The fourth-order valence-electron chi connectivity index (χ4n) is 3.02. The van der Waals surface area contributed by atoms with Crippen LogP contribution in [0.15, 0.2) is 47.0 Å². The predicted octanol–water partition coefficient (Wildman–Crippen LogP) is 4.01. The molecule has 7 heteroatoms. The maximum absolute atomic E-state index is 12.4. The molecule has 0 saturated carbocycles. The molecule has 0 aliphatic carbocycles. The van der Waals surface area contributed by atoms with Gasteiger partial charge in [-0.3, -0.25) is 9.69 Å². The molecule has 0 radical (unpaired) electrons. The first-order valence-electron chi connectivity index (χ1n) is 9.59. The van der Waals surface area contributed by atoms with E-state index in [1.54, 1.807) is 4.90 Å². The van der Waals surface area contributed by atoms with E-state index in [2.05, 4.69) is 24.0 Å². The summed E-state index contributed by atoms with van der Waals surface area (Å²) in [6.45, 7) is 7.05. The van der Waals surface area contributed by atoms with Gasteiger partial charge in [-0.1, -0.05) is 25.1 Å². The third-order valence-electron chi connectivity index (χ3n) is 4.52. The highest BCUT2D eigenvalue weighted by Crippen LogP contribution is 2.33. The maximum atomic E-state index is 12.4. The third kappa shape index (κ3) is 4.23. The van der Waals surface area contributed by atoms with E-state index >= 15 is 0 Å². The Labute approximate surface area is 169 Å². The number of carbonyl (C=O) groups is 1. The first-order valence-corrected chi connectivity index (χ1v) is 9.59. The Morgan fingerprint density at radius 1 is 1.17 bits per heavy atom. The van der Waals surface area contributed by atoms with E-state index < -0.39 is 0 Å². The van der Waals surface area contributed by atoms with Crippen molar-refractivity contribution < 1.29 is 18.8 Å². The minimum atomic E-state index is -0.146. The van der Waals surface area contributed by atoms with Crippen LogP contribution in [0.1, 0.15) is 25.3 Å². The topological polar surface area (TPSA) is 77.7 Å². The van der Waals surface area contributed by atoms with Gasteiger partial charge in [0, 0.05) is 5.56 Å². The Morgan fingerprint density at radius 3 is 2.72 bits per heavy atom. The van der Waals surface area contributed by atoms with Crippen molar-refractivity contribution in [2.45, 2.75) is 27.3 Å². The molecule has 0 unspecified atom stereocenters. The SMILES string of the molecule is Cc1ccc2c(c1)OCC(=O)N2Cc1nc(-c2ccc(OCC(C)C)cc2)no1.